The predicted molar refractivity (Wildman–Crippen MR) is 81.8 cm³/mol. The molecule has 1 aliphatic heterocycles. The van der Waals surface area contributed by atoms with Crippen molar-refractivity contribution in [1.29, 1.82) is 0 Å². The molecule has 7 heteroatoms. The molecule has 0 radical (unpaired) electrons. The largest absolute Gasteiger partial charge is 0.384 e. The van der Waals surface area contributed by atoms with Crippen LogP contribution in [0.3, 0.4) is 0 Å². The summed E-state index contributed by atoms with van der Waals surface area (Å²) in [6.07, 6.45) is 0. The van der Waals surface area contributed by atoms with Crippen molar-refractivity contribution in [1.82, 2.24) is 4.31 Å². The standard InChI is InChI=1S/C14H17NO4S2/c1-12-11-14(5-4-13(12)3-2-8-16)21(18,19)15-6-9-20(17)10-7-15/h4-5,11,16H,6-10H2,1H3. The SMILES string of the molecule is Cc1cc(S(=O)(=O)N2CCS(=O)CC2)ccc1C#CCO. The number of nitrogens with zero attached hydrogens (tertiary/aromatic N) is 1. The van der Waals surface area contributed by atoms with Crippen LogP contribution in [0.25, 0.3) is 0 Å². The van der Waals surface area contributed by atoms with E-state index in [1.807, 2.05) is 0 Å². The van der Waals surface area contributed by atoms with E-state index in [1.54, 1.807) is 19.1 Å². The van der Waals surface area contributed by atoms with Crippen LogP contribution < -0.4 is 0 Å². The van der Waals surface area contributed by atoms with Crippen LogP contribution in [0.4, 0.5) is 0 Å². The Morgan fingerprint density at radius 3 is 2.57 bits per heavy atom. The number of aryl methyl sites for hydroxylation is 1. The maximum absolute atomic E-state index is 12.5. The van der Waals surface area contributed by atoms with Gasteiger partial charge in [0, 0.05) is 41.0 Å². The quantitative estimate of drug-likeness (QED) is 0.782. The Morgan fingerprint density at radius 1 is 1.33 bits per heavy atom. The fraction of sp³-hybridized carbons (Fsp3) is 0.429. The third-order valence-electron chi connectivity index (χ3n) is 3.27. The van der Waals surface area contributed by atoms with Crippen LogP contribution in [0.5, 0.6) is 0 Å². The lowest BCUT2D eigenvalue weighted by atomic mass is 10.1. The molecule has 1 N–H and O–H groups in total. The average molecular weight is 327 g/mol. The molecular formula is C14H17NO4S2. The minimum absolute atomic E-state index is 0.224. The summed E-state index contributed by atoms with van der Waals surface area (Å²) in [7, 11) is -4.46. The normalized spacial score (nSPS) is 17.2. The van der Waals surface area contributed by atoms with Crippen LogP contribution in [0.2, 0.25) is 0 Å². The van der Waals surface area contributed by atoms with Crippen LogP contribution in [0.15, 0.2) is 23.1 Å². The van der Waals surface area contributed by atoms with Crippen LogP contribution >= 0.6 is 0 Å². The third kappa shape index (κ3) is 3.71. The van der Waals surface area contributed by atoms with Gasteiger partial charge >= 0.3 is 0 Å². The monoisotopic (exact) mass is 327 g/mol. The highest BCUT2D eigenvalue weighted by molar-refractivity contribution is 7.89. The molecule has 0 amide bonds. The summed E-state index contributed by atoms with van der Waals surface area (Å²) in [5, 5.41) is 8.69. The Kier molecular flexibility index (Phi) is 5.17. The van der Waals surface area contributed by atoms with Gasteiger partial charge in [0.1, 0.15) is 6.61 Å². The summed E-state index contributed by atoms with van der Waals surface area (Å²) in [5.41, 5.74) is 1.44. The number of benzene rings is 1. The highest BCUT2D eigenvalue weighted by Gasteiger charge is 2.28. The van der Waals surface area contributed by atoms with Crippen molar-refractivity contribution in [3.63, 3.8) is 0 Å². The Bertz CT molecular complexity index is 706. The van der Waals surface area contributed by atoms with E-state index in [4.69, 9.17) is 5.11 Å². The molecule has 1 saturated heterocycles. The van der Waals surface area contributed by atoms with Crippen molar-refractivity contribution < 1.29 is 17.7 Å². The maximum atomic E-state index is 12.5. The minimum atomic E-state index is -3.54. The molecule has 1 aromatic rings. The number of rotatable bonds is 2. The number of hydrogen-bond donors (Lipinski definition) is 1. The van der Waals surface area contributed by atoms with E-state index in [-0.39, 0.29) is 11.5 Å². The molecule has 0 bridgehead atoms. The molecule has 21 heavy (non-hydrogen) atoms. The summed E-state index contributed by atoms with van der Waals surface area (Å²) in [4.78, 5) is 0.224. The fourth-order valence-electron chi connectivity index (χ4n) is 2.08. The van der Waals surface area contributed by atoms with Gasteiger partial charge < -0.3 is 5.11 Å². The number of hydrogen-bond acceptors (Lipinski definition) is 4. The molecule has 0 aromatic heterocycles. The molecule has 114 valence electrons. The van der Waals surface area contributed by atoms with Crippen molar-refractivity contribution in [3.8, 4) is 11.8 Å². The minimum Gasteiger partial charge on any atom is -0.384 e. The third-order valence-corrected chi connectivity index (χ3v) is 6.44. The highest BCUT2D eigenvalue weighted by atomic mass is 32.2. The van der Waals surface area contributed by atoms with Crippen molar-refractivity contribution in [3.05, 3.63) is 29.3 Å². The van der Waals surface area contributed by atoms with E-state index in [2.05, 4.69) is 11.8 Å². The Balaban J connectivity index is 2.28. The van der Waals surface area contributed by atoms with Crippen LogP contribution in [0, 0.1) is 18.8 Å². The zero-order valence-corrected chi connectivity index (χ0v) is 13.3. The smallest absolute Gasteiger partial charge is 0.243 e. The first-order chi connectivity index (χ1) is 9.95. The van der Waals surface area contributed by atoms with E-state index in [1.165, 1.54) is 10.4 Å². The first kappa shape index (κ1) is 16.2. The lowest BCUT2D eigenvalue weighted by Crippen LogP contribution is -2.41. The topological polar surface area (TPSA) is 74.7 Å². The summed E-state index contributed by atoms with van der Waals surface area (Å²) in [6.45, 7) is 2.14. The van der Waals surface area contributed by atoms with Gasteiger partial charge in [-0.2, -0.15) is 4.31 Å². The summed E-state index contributed by atoms with van der Waals surface area (Å²) in [5.74, 6) is 6.10. The zero-order valence-electron chi connectivity index (χ0n) is 11.7. The molecule has 2 rings (SSSR count). The van der Waals surface area contributed by atoms with Crippen molar-refractivity contribution in [2.75, 3.05) is 31.2 Å². The van der Waals surface area contributed by atoms with E-state index in [0.29, 0.717) is 30.2 Å². The van der Waals surface area contributed by atoms with Crippen molar-refractivity contribution in [2.45, 2.75) is 11.8 Å². The predicted octanol–water partition coefficient (Wildman–Crippen LogP) is 0.0918. The first-order valence-electron chi connectivity index (χ1n) is 6.50. The average Bonchev–Trinajstić information content (AvgIpc) is 2.46. The van der Waals surface area contributed by atoms with Crippen LogP contribution in [-0.4, -0.2) is 53.2 Å². The van der Waals surface area contributed by atoms with Gasteiger partial charge in [-0.25, -0.2) is 8.42 Å². The van der Waals surface area contributed by atoms with Gasteiger partial charge in [0.15, 0.2) is 0 Å². The van der Waals surface area contributed by atoms with Gasteiger partial charge in [-0.1, -0.05) is 11.8 Å². The zero-order chi connectivity index (χ0) is 15.5. The second-order valence-corrected chi connectivity index (χ2v) is 8.32. The summed E-state index contributed by atoms with van der Waals surface area (Å²) >= 11 is 0. The van der Waals surface area contributed by atoms with Crippen LogP contribution in [-0.2, 0) is 20.8 Å². The Hall–Kier alpha value is -1.20. The van der Waals surface area contributed by atoms with Gasteiger partial charge in [0.25, 0.3) is 0 Å². The van der Waals surface area contributed by atoms with Gasteiger partial charge in [-0.15, -0.1) is 0 Å². The second kappa shape index (κ2) is 6.71. The van der Waals surface area contributed by atoms with Crippen molar-refractivity contribution in [2.24, 2.45) is 0 Å². The second-order valence-electron chi connectivity index (χ2n) is 4.69. The summed E-state index contributed by atoms with van der Waals surface area (Å²) in [6, 6.07) is 4.75. The molecule has 0 saturated carbocycles. The van der Waals surface area contributed by atoms with E-state index >= 15 is 0 Å². The molecule has 0 unspecified atom stereocenters. The molecule has 0 aliphatic carbocycles. The number of aliphatic hydroxyl groups excluding tert-OH is 1. The van der Waals surface area contributed by atoms with Crippen molar-refractivity contribution >= 4 is 20.8 Å². The molecule has 1 aromatic carbocycles. The molecule has 0 spiro atoms. The van der Waals surface area contributed by atoms with Gasteiger partial charge in [0.05, 0.1) is 4.90 Å². The molecule has 0 atom stereocenters. The van der Waals surface area contributed by atoms with Crippen LogP contribution in [0.1, 0.15) is 11.1 Å². The van der Waals surface area contributed by atoms with E-state index in [9.17, 15) is 12.6 Å². The highest BCUT2D eigenvalue weighted by Crippen LogP contribution is 2.20. The number of sulfonamides is 1. The molecular weight excluding hydrogens is 310 g/mol. The first-order valence-corrected chi connectivity index (χ1v) is 9.43. The molecule has 1 fully saturated rings. The molecule has 5 nitrogen and oxygen atoms in total. The Morgan fingerprint density at radius 2 is 2.00 bits per heavy atom. The Labute approximate surface area is 127 Å². The lowest BCUT2D eigenvalue weighted by molar-refractivity contribution is 0.350. The molecule has 1 aliphatic rings. The molecule has 1 heterocycles. The van der Waals surface area contributed by atoms with Gasteiger partial charge in [0.2, 0.25) is 10.0 Å². The van der Waals surface area contributed by atoms with E-state index < -0.39 is 20.8 Å². The fourth-order valence-corrected chi connectivity index (χ4v) is 4.89. The maximum Gasteiger partial charge on any atom is 0.243 e. The van der Waals surface area contributed by atoms with E-state index in [0.717, 1.165) is 5.56 Å². The lowest BCUT2D eigenvalue weighted by Gasteiger charge is -2.25. The van der Waals surface area contributed by atoms with Gasteiger partial charge in [-0.05, 0) is 30.7 Å². The number of aliphatic hydroxyl groups is 1. The summed E-state index contributed by atoms with van der Waals surface area (Å²) < 4.78 is 37.7. The van der Waals surface area contributed by atoms with Gasteiger partial charge in [-0.3, -0.25) is 4.21 Å².